The van der Waals surface area contributed by atoms with Crippen molar-refractivity contribution in [3.8, 4) is 102 Å². The van der Waals surface area contributed by atoms with E-state index < -0.39 is 0 Å². The SMILES string of the molecule is Cc1cc(C)c(C(=O)c2sc3cc(O)ccc3c2-c2ccc(-c3nc(O)co3)cc2)c(C)c1.Cc1cc(C)c(C(=O)c2sc3cc(O)ccc3c2-c2ccc(-c3nc(O)co3)cc2)c(C)c1.Cc1cc(C)c(C(=O)c2sc3cc(O)ccc3c2-c2ccc(-c3nc(OC=O)cs3)cc2)c(C)c1. The molecule has 0 aliphatic carbocycles. The highest BCUT2D eigenvalue weighted by Crippen LogP contribution is 2.47. The van der Waals surface area contributed by atoms with Gasteiger partial charge in [-0.3, -0.25) is 19.2 Å². The van der Waals surface area contributed by atoms with E-state index in [0.717, 1.165) is 130 Å². The quantitative estimate of drug-likeness (QED) is 0.0502. The van der Waals surface area contributed by atoms with E-state index in [2.05, 4.69) is 15.0 Å². The third kappa shape index (κ3) is 13.7. The number of carbonyl (C=O) groups excluding carboxylic acids is 4. The van der Waals surface area contributed by atoms with E-state index in [1.807, 2.05) is 190 Å². The van der Waals surface area contributed by atoms with Gasteiger partial charge in [-0.15, -0.1) is 45.3 Å². The first kappa shape index (κ1) is 67.9. The molecule has 502 valence electrons. The summed E-state index contributed by atoms with van der Waals surface area (Å²) in [6.07, 6.45) is 2.37. The molecule has 0 amide bonds. The Kier molecular flexibility index (Phi) is 18.8. The monoisotopic (exact) mass is 1410 g/mol. The van der Waals surface area contributed by atoms with E-state index in [-0.39, 0.29) is 52.2 Å². The fourth-order valence-electron chi connectivity index (χ4n) is 13.2. The fraction of sp³-hybridized carbons (Fsp3) is 0.110. The Labute approximate surface area is 595 Å². The van der Waals surface area contributed by atoms with Gasteiger partial charge in [0, 0.05) is 80.3 Å². The number of carbonyl (C=O) groups is 4. The van der Waals surface area contributed by atoms with Gasteiger partial charge in [0.25, 0.3) is 18.2 Å². The average molecular weight is 1410 g/mol. The fourth-order valence-corrected chi connectivity index (χ4v) is 17.5. The minimum Gasteiger partial charge on any atom is -0.508 e. The van der Waals surface area contributed by atoms with Crippen molar-refractivity contribution in [3.05, 3.63) is 263 Å². The third-order valence-corrected chi connectivity index (χ3v) is 21.6. The number of nitrogens with zero attached hydrogens (tertiary/aromatic N) is 3. The minimum atomic E-state index is -0.172. The average Bonchev–Trinajstić information content (AvgIpc) is 1.66. The van der Waals surface area contributed by atoms with Crippen molar-refractivity contribution in [2.24, 2.45) is 0 Å². The number of aryl methyl sites for hydroxylation is 9. The van der Waals surface area contributed by atoms with Crippen molar-refractivity contribution in [3.63, 3.8) is 0 Å². The Bertz CT molecular complexity index is 5470. The van der Waals surface area contributed by atoms with Crippen LogP contribution in [0.1, 0.15) is 95.8 Å². The highest BCUT2D eigenvalue weighted by molar-refractivity contribution is 7.22. The molecule has 15 aromatic rings. The number of phenols is 3. The van der Waals surface area contributed by atoms with Crippen LogP contribution >= 0.6 is 45.3 Å². The number of benzene rings is 9. The van der Waals surface area contributed by atoms with E-state index in [4.69, 9.17) is 13.6 Å². The Hall–Kier alpha value is -11.6. The van der Waals surface area contributed by atoms with Gasteiger partial charge in [0.05, 0.1) is 20.0 Å². The van der Waals surface area contributed by atoms with Gasteiger partial charge in [-0.05, 0) is 191 Å². The third-order valence-electron chi connectivity index (χ3n) is 17.2. The number of rotatable bonds is 14. The summed E-state index contributed by atoms with van der Waals surface area (Å²) in [6, 6.07) is 50.6. The summed E-state index contributed by atoms with van der Waals surface area (Å²) in [5, 5.41) is 54.2. The van der Waals surface area contributed by atoms with E-state index in [9.17, 15) is 44.7 Å². The van der Waals surface area contributed by atoms with Crippen LogP contribution in [0.2, 0.25) is 0 Å². The maximum absolute atomic E-state index is 13.9. The molecule has 0 saturated heterocycles. The zero-order valence-corrected chi connectivity index (χ0v) is 59.2. The molecule has 15 rings (SSSR count). The van der Waals surface area contributed by atoms with Crippen molar-refractivity contribution in [2.75, 3.05) is 0 Å². The number of ketones is 3. The molecular weight excluding hydrogens is 1350 g/mol. The molecule has 15 nitrogen and oxygen atoms in total. The number of ether oxygens (including phenoxy) is 1. The largest absolute Gasteiger partial charge is 0.508 e. The van der Waals surface area contributed by atoms with Gasteiger partial charge in [-0.2, -0.15) is 9.97 Å². The molecule has 0 spiro atoms. The lowest BCUT2D eigenvalue weighted by Crippen LogP contribution is -2.06. The Morgan fingerprint density at radius 2 is 0.683 bits per heavy atom. The van der Waals surface area contributed by atoms with Crippen molar-refractivity contribution in [1.29, 1.82) is 0 Å². The van der Waals surface area contributed by atoms with Gasteiger partial charge in [0.2, 0.25) is 35.0 Å². The van der Waals surface area contributed by atoms with Gasteiger partial charge >= 0.3 is 0 Å². The molecule has 9 aromatic carbocycles. The maximum atomic E-state index is 13.9. The molecule has 0 atom stereocenters. The van der Waals surface area contributed by atoms with E-state index in [0.29, 0.717) is 55.1 Å². The van der Waals surface area contributed by atoms with Crippen molar-refractivity contribution in [2.45, 2.75) is 62.3 Å². The molecule has 19 heteroatoms. The first-order valence-electron chi connectivity index (χ1n) is 31.8. The number of thiophene rings is 3. The number of phenolic OH excluding ortho intramolecular Hbond substituents is 3. The molecule has 0 unspecified atom stereocenters. The first-order chi connectivity index (χ1) is 48.5. The summed E-state index contributed by atoms with van der Waals surface area (Å²) in [4.78, 5) is 66.3. The highest BCUT2D eigenvalue weighted by atomic mass is 32.1. The van der Waals surface area contributed by atoms with E-state index >= 15 is 0 Å². The molecule has 0 radical (unpaired) electrons. The predicted octanol–water partition coefficient (Wildman–Crippen LogP) is 20.7. The van der Waals surface area contributed by atoms with Crippen LogP contribution in [0.3, 0.4) is 0 Å². The smallest absolute Gasteiger partial charge is 0.299 e. The number of aromatic hydroxyl groups is 5. The minimum absolute atomic E-state index is 0.0182. The van der Waals surface area contributed by atoms with Crippen molar-refractivity contribution >= 4 is 99.4 Å². The normalized spacial score (nSPS) is 11.2. The number of hydrogen-bond donors (Lipinski definition) is 5. The zero-order chi connectivity index (χ0) is 71.2. The number of aromatic nitrogens is 3. The molecule has 5 N–H and O–H groups in total. The Morgan fingerprint density at radius 1 is 0.386 bits per heavy atom. The molecule has 101 heavy (non-hydrogen) atoms. The molecule has 0 aliphatic rings. The summed E-state index contributed by atoms with van der Waals surface area (Å²) in [5.41, 5.74) is 18.7. The molecule has 6 aromatic heterocycles. The second-order valence-electron chi connectivity index (χ2n) is 24.7. The van der Waals surface area contributed by atoms with Crippen LogP contribution in [0.4, 0.5) is 0 Å². The molecule has 6 heterocycles. The van der Waals surface area contributed by atoms with Gasteiger partial charge in [-0.25, -0.2) is 4.98 Å². The summed E-state index contributed by atoms with van der Waals surface area (Å²) >= 11 is 5.56. The molecular formula is C82H63N3O12S4. The van der Waals surface area contributed by atoms with Crippen LogP contribution in [0, 0.1) is 62.3 Å². The van der Waals surface area contributed by atoms with Crippen LogP contribution in [0.5, 0.6) is 34.9 Å². The van der Waals surface area contributed by atoms with E-state index in [1.54, 1.807) is 41.8 Å². The summed E-state index contributed by atoms with van der Waals surface area (Å²) in [6.45, 7) is 18.2. The molecule has 0 fully saturated rings. The lowest BCUT2D eigenvalue weighted by Gasteiger charge is -2.11. The summed E-state index contributed by atoms with van der Waals surface area (Å²) in [7, 11) is 0. The van der Waals surface area contributed by atoms with Gasteiger partial charge in [0.15, 0.2) is 12.5 Å². The van der Waals surface area contributed by atoms with Crippen LogP contribution in [-0.2, 0) is 4.79 Å². The molecule has 0 bridgehead atoms. The number of fused-ring (bicyclic) bond motifs is 3. The number of hydrogen-bond acceptors (Lipinski definition) is 19. The lowest BCUT2D eigenvalue weighted by atomic mass is 9.92. The highest BCUT2D eigenvalue weighted by Gasteiger charge is 2.28. The maximum Gasteiger partial charge on any atom is 0.299 e. The zero-order valence-electron chi connectivity index (χ0n) is 56.0. The number of thiazole rings is 1. The predicted molar refractivity (Wildman–Crippen MR) is 401 cm³/mol. The Morgan fingerprint density at radius 3 is 0.970 bits per heavy atom. The van der Waals surface area contributed by atoms with Crippen LogP contribution in [-0.4, -0.2) is 64.3 Å². The molecule has 0 saturated carbocycles. The molecule has 0 aliphatic heterocycles. The second-order valence-corrected chi connectivity index (χ2v) is 28.7. The van der Waals surface area contributed by atoms with Gasteiger partial charge < -0.3 is 39.1 Å². The lowest BCUT2D eigenvalue weighted by molar-refractivity contribution is -0.120. The number of oxazole rings is 2. The van der Waals surface area contributed by atoms with Crippen molar-refractivity contribution < 1.29 is 58.3 Å². The standard InChI is InChI=1S/C28H21NO4S2.2C27H21NO4S/c1-15-10-16(2)24(17(3)11-15)26(32)27-25(21-9-8-20(31)12-22(21)35-27)18-4-6-19(7-5-18)28-29-23(13-34-28)33-14-30;2*1-14-10-15(2)23(16(3)11-14)25(31)26-24(20-9-8-19(29)12-21(20)33-26)17-4-6-18(7-5-17)27-28-22(30)13-32-27/h4-14,31H,1-3H3;2*4-13,29-30H,1-3H3. The summed E-state index contributed by atoms with van der Waals surface area (Å²) in [5.74, 6) is 0.989. The summed E-state index contributed by atoms with van der Waals surface area (Å²) < 4.78 is 17.9. The Balaban J connectivity index is 0.000000136. The first-order valence-corrected chi connectivity index (χ1v) is 35.1. The van der Waals surface area contributed by atoms with Crippen LogP contribution in [0.25, 0.3) is 97.1 Å². The van der Waals surface area contributed by atoms with Crippen LogP contribution in [0.15, 0.2) is 191 Å². The van der Waals surface area contributed by atoms with E-state index in [1.165, 1.54) is 57.9 Å². The van der Waals surface area contributed by atoms with Crippen LogP contribution < -0.4 is 4.74 Å². The van der Waals surface area contributed by atoms with Gasteiger partial charge in [-0.1, -0.05) is 102 Å². The van der Waals surface area contributed by atoms with Gasteiger partial charge in [0.1, 0.15) is 22.3 Å². The second kappa shape index (κ2) is 28.0. The van der Waals surface area contributed by atoms with Crippen molar-refractivity contribution in [1.82, 2.24) is 15.0 Å². The topological polar surface area (TPSA) is 244 Å².